The van der Waals surface area contributed by atoms with Gasteiger partial charge in [-0.2, -0.15) is 0 Å². The van der Waals surface area contributed by atoms with Crippen LogP contribution in [0.2, 0.25) is 0 Å². The molecule has 2 rings (SSSR count). The second kappa shape index (κ2) is 6.54. The van der Waals surface area contributed by atoms with Gasteiger partial charge in [-0.3, -0.25) is 0 Å². The minimum absolute atomic E-state index is 0.317. The molecule has 0 aliphatic rings. The van der Waals surface area contributed by atoms with E-state index in [0.717, 1.165) is 24.1 Å². The van der Waals surface area contributed by atoms with Gasteiger partial charge in [-0.1, -0.05) is 42.5 Å². The Balaban J connectivity index is 1.88. The van der Waals surface area contributed by atoms with Gasteiger partial charge in [0.15, 0.2) is 0 Å². The Morgan fingerprint density at radius 1 is 0.850 bits per heavy atom. The molecule has 0 heterocycles. The van der Waals surface area contributed by atoms with Crippen LogP contribution in [-0.4, -0.2) is 14.7 Å². The van der Waals surface area contributed by atoms with Gasteiger partial charge in [-0.15, -0.1) is 0 Å². The average Bonchev–Trinajstić information content (AvgIpc) is 2.44. The quantitative estimate of drug-likeness (QED) is 0.858. The van der Waals surface area contributed by atoms with Crippen molar-refractivity contribution in [3.05, 3.63) is 65.7 Å². The van der Waals surface area contributed by atoms with E-state index in [0.29, 0.717) is 6.54 Å². The van der Waals surface area contributed by atoms with Crippen molar-refractivity contribution in [3.63, 3.8) is 0 Å². The van der Waals surface area contributed by atoms with Crippen LogP contribution in [0.25, 0.3) is 0 Å². The summed E-state index contributed by atoms with van der Waals surface area (Å²) in [6.07, 6.45) is 1.16. The van der Waals surface area contributed by atoms with E-state index in [1.807, 2.05) is 42.5 Å². The predicted octanol–water partition coefficient (Wildman–Crippen LogP) is 2.35. The molecule has 5 heteroatoms. The molecule has 0 fully saturated rings. The normalized spacial score (nSPS) is 11.2. The molecule has 20 heavy (non-hydrogen) atoms. The minimum atomic E-state index is -3.14. The highest BCUT2D eigenvalue weighted by atomic mass is 32.2. The van der Waals surface area contributed by atoms with Crippen LogP contribution in [0.4, 0.5) is 5.69 Å². The fraction of sp³-hybridized carbons (Fsp3) is 0.200. The Morgan fingerprint density at radius 3 is 2.05 bits per heavy atom. The van der Waals surface area contributed by atoms with E-state index >= 15 is 0 Å². The molecule has 2 aromatic carbocycles. The van der Waals surface area contributed by atoms with Crippen LogP contribution in [0.15, 0.2) is 54.6 Å². The Hall–Kier alpha value is -1.85. The second-order valence-corrected chi connectivity index (χ2v) is 6.46. The van der Waals surface area contributed by atoms with Crippen molar-refractivity contribution in [2.75, 3.05) is 11.6 Å². The number of benzene rings is 2. The van der Waals surface area contributed by atoms with Crippen molar-refractivity contribution in [1.82, 2.24) is 4.72 Å². The Morgan fingerprint density at radius 2 is 1.45 bits per heavy atom. The summed E-state index contributed by atoms with van der Waals surface area (Å²) in [6, 6.07) is 17.9. The van der Waals surface area contributed by atoms with Gasteiger partial charge in [0.2, 0.25) is 10.0 Å². The van der Waals surface area contributed by atoms with Crippen molar-refractivity contribution in [2.24, 2.45) is 0 Å². The Kier molecular flexibility index (Phi) is 4.76. The topological polar surface area (TPSA) is 58.2 Å². The molecule has 0 amide bonds. The fourth-order valence-corrected chi connectivity index (χ4v) is 2.18. The monoisotopic (exact) mass is 290 g/mol. The van der Waals surface area contributed by atoms with Crippen LogP contribution in [0.1, 0.15) is 11.1 Å². The molecule has 0 bridgehead atoms. The van der Waals surface area contributed by atoms with E-state index < -0.39 is 10.0 Å². The summed E-state index contributed by atoms with van der Waals surface area (Å²) in [5.74, 6) is 0. The largest absolute Gasteiger partial charge is 0.381 e. The number of hydrogen-bond acceptors (Lipinski definition) is 3. The molecule has 0 saturated carbocycles. The first-order valence-corrected chi connectivity index (χ1v) is 8.23. The van der Waals surface area contributed by atoms with E-state index in [1.54, 1.807) is 0 Å². The molecule has 0 unspecified atom stereocenters. The van der Waals surface area contributed by atoms with E-state index in [2.05, 4.69) is 22.2 Å². The number of anilines is 1. The zero-order chi connectivity index (χ0) is 14.4. The number of rotatable bonds is 6. The van der Waals surface area contributed by atoms with Crippen molar-refractivity contribution < 1.29 is 8.42 Å². The van der Waals surface area contributed by atoms with Crippen LogP contribution >= 0.6 is 0 Å². The molecule has 4 nitrogen and oxygen atoms in total. The standard InChI is InChI=1S/C15H18N2O2S/c1-20(18,19)17-12-14-7-9-15(10-8-14)16-11-13-5-3-2-4-6-13/h2-10,16-17H,11-12H2,1H3. The van der Waals surface area contributed by atoms with Crippen molar-refractivity contribution in [1.29, 1.82) is 0 Å². The Labute approximate surface area is 119 Å². The average molecular weight is 290 g/mol. The van der Waals surface area contributed by atoms with E-state index in [-0.39, 0.29) is 0 Å². The maximum atomic E-state index is 11.0. The van der Waals surface area contributed by atoms with Gasteiger partial charge >= 0.3 is 0 Å². The lowest BCUT2D eigenvalue weighted by molar-refractivity contribution is 0.587. The molecule has 0 spiro atoms. The smallest absolute Gasteiger partial charge is 0.209 e. The highest BCUT2D eigenvalue weighted by molar-refractivity contribution is 7.88. The van der Waals surface area contributed by atoms with Crippen molar-refractivity contribution in [3.8, 4) is 0 Å². The lowest BCUT2D eigenvalue weighted by Gasteiger charge is -2.08. The molecule has 0 atom stereocenters. The van der Waals surface area contributed by atoms with Gasteiger partial charge in [0.05, 0.1) is 6.26 Å². The number of sulfonamides is 1. The number of hydrogen-bond donors (Lipinski definition) is 2. The van der Waals surface area contributed by atoms with Crippen LogP contribution < -0.4 is 10.0 Å². The summed E-state index contributed by atoms with van der Waals surface area (Å²) in [5, 5.41) is 3.32. The van der Waals surface area contributed by atoms with Crippen LogP contribution in [0.5, 0.6) is 0 Å². The SMILES string of the molecule is CS(=O)(=O)NCc1ccc(NCc2ccccc2)cc1. The molecule has 0 saturated heterocycles. The van der Waals surface area contributed by atoms with Gasteiger partial charge < -0.3 is 5.32 Å². The zero-order valence-corrected chi connectivity index (χ0v) is 12.2. The summed E-state index contributed by atoms with van der Waals surface area (Å²) in [5.41, 5.74) is 3.16. The second-order valence-electron chi connectivity index (χ2n) is 4.63. The molecule has 0 aliphatic carbocycles. The molecule has 0 aromatic heterocycles. The third-order valence-corrected chi connectivity index (χ3v) is 3.50. The molecule has 0 aliphatic heterocycles. The highest BCUT2D eigenvalue weighted by Crippen LogP contribution is 2.11. The van der Waals surface area contributed by atoms with Gasteiger partial charge in [0, 0.05) is 18.8 Å². The molecule has 2 N–H and O–H groups in total. The lowest BCUT2D eigenvalue weighted by Crippen LogP contribution is -2.21. The molecular weight excluding hydrogens is 272 g/mol. The van der Waals surface area contributed by atoms with Gasteiger partial charge in [0.25, 0.3) is 0 Å². The molecule has 0 radical (unpaired) electrons. The van der Waals surface area contributed by atoms with Crippen LogP contribution in [0.3, 0.4) is 0 Å². The van der Waals surface area contributed by atoms with Gasteiger partial charge in [-0.25, -0.2) is 13.1 Å². The minimum Gasteiger partial charge on any atom is -0.381 e. The van der Waals surface area contributed by atoms with E-state index in [4.69, 9.17) is 0 Å². The first-order chi connectivity index (χ1) is 9.53. The van der Waals surface area contributed by atoms with Crippen molar-refractivity contribution >= 4 is 15.7 Å². The fourth-order valence-electron chi connectivity index (χ4n) is 1.75. The van der Waals surface area contributed by atoms with E-state index in [1.165, 1.54) is 5.56 Å². The maximum Gasteiger partial charge on any atom is 0.209 e. The number of nitrogens with one attached hydrogen (secondary N) is 2. The van der Waals surface area contributed by atoms with Crippen molar-refractivity contribution in [2.45, 2.75) is 13.1 Å². The third-order valence-electron chi connectivity index (χ3n) is 2.83. The zero-order valence-electron chi connectivity index (χ0n) is 11.3. The van der Waals surface area contributed by atoms with Gasteiger partial charge in [-0.05, 0) is 23.3 Å². The molecular formula is C15H18N2O2S. The van der Waals surface area contributed by atoms with Crippen LogP contribution in [-0.2, 0) is 23.1 Å². The summed E-state index contributed by atoms with van der Waals surface area (Å²) >= 11 is 0. The third kappa shape index (κ3) is 5.03. The molecule has 106 valence electrons. The summed E-state index contributed by atoms with van der Waals surface area (Å²) < 4.78 is 24.5. The first-order valence-electron chi connectivity index (χ1n) is 6.34. The van der Waals surface area contributed by atoms with Crippen LogP contribution in [0, 0.1) is 0 Å². The first kappa shape index (κ1) is 14.6. The maximum absolute atomic E-state index is 11.0. The van der Waals surface area contributed by atoms with Gasteiger partial charge in [0.1, 0.15) is 0 Å². The Bertz CT molecular complexity index is 637. The summed E-state index contributed by atoms with van der Waals surface area (Å²) in [7, 11) is -3.14. The highest BCUT2D eigenvalue weighted by Gasteiger charge is 2.01. The summed E-state index contributed by atoms with van der Waals surface area (Å²) in [4.78, 5) is 0. The van der Waals surface area contributed by atoms with E-state index in [9.17, 15) is 8.42 Å². The predicted molar refractivity (Wildman–Crippen MR) is 81.9 cm³/mol. The molecule has 2 aromatic rings. The summed E-state index contributed by atoms with van der Waals surface area (Å²) in [6.45, 7) is 1.08. The lowest BCUT2D eigenvalue weighted by atomic mass is 10.2.